The number of benzene rings is 3. The van der Waals surface area contributed by atoms with E-state index in [0.717, 1.165) is 22.4 Å². The summed E-state index contributed by atoms with van der Waals surface area (Å²) in [7, 11) is 1.53. The fourth-order valence-corrected chi connectivity index (χ4v) is 3.90. The monoisotopic (exact) mass is 412 g/mol. The molecule has 0 saturated carbocycles. The zero-order chi connectivity index (χ0) is 22.1. The van der Waals surface area contributed by atoms with Gasteiger partial charge in [-0.2, -0.15) is 0 Å². The molecule has 1 N–H and O–H groups in total. The molecule has 2 amide bonds. The van der Waals surface area contributed by atoms with Crippen molar-refractivity contribution in [1.82, 2.24) is 0 Å². The van der Waals surface area contributed by atoms with Crippen LogP contribution < -0.4 is 15.0 Å². The molecule has 0 bridgehead atoms. The quantitative estimate of drug-likeness (QED) is 0.598. The van der Waals surface area contributed by atoms with Crippen LogP contribution in [-0.4, -0.2) is 18.9 Å². The van der Waals surface area contributed by atoms with E-state index in [2.05, 4.69) is 11.4 Å². The van der Waals surface area contributed by atoms with E-state index in [1.807, 2.05) is 69.3 Å². The smallest absolute Gasteiger partial charge is 0.282 e. The van der Waals surface area contributed by atoms with Gasteiger partial charge < -0.3 is 10.1 Å². The first-order chi connectivity index (χ1) is 14.9. The van der Waals surface area contributed by atoms with Crippen LogP contribution in [-0.2, 0) is 9.59 Å². The number of ether oxygens (including phenoxy) is 1. The number of rotatable bonds is 5. The van der Waals surface area contributed by atoms with Crippen LogP contribution in [0.4, 0.5) is 11.4 Å². The van der Waals surface area contributed by atoms with E-state index in [-0.39, 0.29) is 11.6 Å². The van der Waals surface area contributed by atoms with Crippen molar-refractivity contribution in [3.63, 3.8) is 0 Å². The highest BCUT2D eigenvalue weighted by Gasteiger charge is 2.41. The average Bonchev–Trinajstić information content (AvgIpc) is 2.97. The van der Waals surface area contributed by atoms with Crippen LogP contribution in [0.3, 0.4) is 0 Å². The highest BCUT2D eigenvalue weighted by atomic mass is 16.5. The van der Waals surface area contributed by atoms with Gasteiger partial charge in [0.15, 0.2) is 0 Å². The summed E-state index contributed by atoms with van der Waals surface area (Å²) < 4.78 is 5.45. The van der Waals surface area contributed by atoms with Crippen molar-refractivity contribution in [2.75, 3.05) is 17.3 Å². The first-order valence-corrected chi connectivity index (χ1v) is 10.1. The van der Waals surface area contributed by atoms with E-state index in [9.17, 15) is 9.59 Å². The summed E-state index contributed by atoms with van der Waals surface area (Å²) in [5.74, 6) is -0.328. The molecule has 31 heavy (non-hydrogen) atoms. The van der Waals surface area contributed by atoms with Crippen LogP contribution in [0.1, 0.15) is 22.3 Å². The molecular weight excluding hydrogens is 388 g/mol. The number of imide groups is 1. The van der Waals surface area contributed by atoms with Crippen molar-refractivity contribution in [2.24, 2.45) is 0 Å². The lowest BCUT2D eigenvalue weighted by atomic mass is 10.0. The second-order valence-electron chi connectivity index (χ2n) is 7.74. The van der Waals surface area contributed by atoms with Gasteiger partial charge in [-0.15, -0.1) is 0 Å². The van der Waals surface area contributed by atoms with Gasteiger partial charge >= 0.3 is 0 Å². The molecule has 0 aromatic heterocycles. The van der Waals surface area contributed by atoms with Crippen LogP contribution in [0, 0.1) is 20.8 Å². The molecule has 0 radical (unpaired) electrons. The van der Waals surface area contributed by atoms with Gasteiger partial charge in [0.1, 0.15) is 11.4 Å². The molecule has 0 unspecified atom stereocenters. The van der Waals surface area contributed by atoms with Crippen LogP contribution in [0.2, 0.25) is 0 Å². The average molecular weight is 412 g/mol. The van der Waals surface area contributed by atoms with Crippen molar-refractivity contribution in [2.45, 2.75) is 20.8 Å². The molecule has 156 valence electrons. The van der Waals surface area contributed by atoms with Crippen molar-refractivity contribution in [1.29, 1.82) is 0 Å². The van der Waals surface area contributed by atoms with Gasteiger partial charge in [-0.1, -0.05) is 42.5 Å². The molecule has 4 rings (SSSR count). The normalized spacial score (nSPS) is 13.7. The first kappa shape index (κ1) is 20.4. The Hall–Kier alpha value is -3.86. The Kier molecular flexibility index (Phi) is 5.34. The standard InChI is InChI=1S/C26H24N2O3/c1-16-10-11-22(31-4)21(15-16)28-25(29)23(19-8-6-5-7-9-19)24(26(28)30)27-20-13-17(2)12-18(3)14-20/h5-15,27H,1-4H3. The molecule has 1 heterocycles. The number of carbonyl (C=O) groups excluding carboxylic acids is 2. The lowest BCUT2D eigenvalue weighted by Crippen LogP contribution is -2.32. The Labute approximate surface area is 182 Å². The Morgan fingerprint density at radius 3 is 2.10 bits per heavy atom. The van der Waals surface area contributed by atoms with E-state index in [1.165, 1.54) is 12.0 Å². The van der Waals surface area contributed by atoms with Crippen LogP contribution in [0.15, 0.2) is 72.4 Å². The second kappa shape index (κ2) is 8.11. The molecule has 1 aliphatic heterocycles. The SMILES string of the molecule is COc1ccc(C)cc1N1C(=O)C(Nc2cc(C)cc(C)c2)=C(c2ccccc2)C1=O. The summed E-state index contributed by atoms with van der Waals surface area (Å²) in [5.41, 5.74) is 5.54. The van der Waals surface area contributed by atoms with Crippen molar-refractivity contribution in [3.05, 3.63) is 94.7 Å². The third kappa shape index (κ3) is 3.82. The van der Waals surface area contributed by atoms with E-state index < -0.39 is 5.91 Å². The fourth-order valence-electron chi connectivity index (χ4n) is 3.90. The lowest BCUT2D eigenvalue weighted by Gasteiger charge is -2.19. The van der Waals surface area contributed by atoms with Crippen molar-refractivity contribution in [3.8, 4) is 5.75 Å². The molecule has 5 heteroatoms. The maximum atomic E-state index is 13.6. The second-order valence-corrected chi connectivity index (χ2v) is 7.74. The molecule has 0 saturated heterocycles. The summed E-state index contributed by atoms with van der Waals surface area (Å²) in [6.45, 7) is 5.90. The van der Waals surface area contributed by atoms with Gasteiger partial charge in [-0.3, -0.25) is 9.59 Å². The van der Waals surface area contributed by atoms with Gasteiger partial charge in [0, 0.05) is 5.69 Å². The zero-order valence-corrected chi connectivity index (χ0v) is 18.0. The van der Waals surface area contributed by atoms with E-state index in [4.69, 9.17) is 4.74 Å². The highest BCUT2D eigenvalue weighted by Crippen LogP contribution is 2.38. The minimum atomic E-state index is -0.410. The number of nitrogens with one attached hydrogen (secondary N) is 1. The molecule has 0 atom stereocenters. The molecule has 0 aliphatic carbocycles. The number of aryl methyl sites for hydroxylation is 3. The molecule has 3 aromatic rings. The van der Waals surface area contributed by atoms with E-state index >= 15 is 0 Å². The number of methoxy groups -OCH3 is 1. The molecule has 0 spiro atoms. The number of hydrogen-bond donors (Lipinski definition) is 1. The topological polar surface area (TPSA) is 58.6 Å². The number of anilines is 2. The Morgan fingerprint density at radius 1 is 0.774 bits per heavy atom. The predicted octanol–water partition coefficient (Wildman–Crippen LogP) is 5.02. The van der Waals surface area contributed by atoms with Gasteiger partial charge in [0.25, 0.3) is 11.8 Å². The summed E-state index contributed by atoms with van der Waals surface area (Å²) >= 11 is 0. The summed E-state index contributed by atoms with van der Waals surface area (Å²) in [4.78, 5) is 28.4. The largest absolute Gasteiger partial charge is 0.495 e. The minimum absolute atomic E-state index is 0.254. The van der Waals surface area contributed by atoms with E-state index in [0.29, 0.717) is 22.6 Å². The van der Waals surface area contributed by atoms with Gasteiger partial charge in [0.2, 0.25) is 0 Å². The van der Waals surface area contributed by atoms with Crippen LogP contribution in [0.5, 0.6) is 5.75 Å². The predicted molar refractivity (Wildman–Crippen MR) is 123 cm³/mol. The summed E-state index contributed by atoms with van der Waals surface area (Å²) in [5, 5.41) is 3.23. The van der Waals surface area contributed by atoms with Crippen LogP contribution >= 0.6 is 0 Å². The third-order valence-corrected chi connectivity index (χ3v) is 5.21. The van der Waals surface area contributed by atoms with Gasteiger partial charge in [0.05, 0.1) is 18.4 Å². The number of carbonyl (C=O) groups is 2. The number of hydrogen-bond acceptors (Lipinski definition) is 4. The Bertz CT molecular complexity index is 1190. The molecule has 5 nitrogen and oxygen atoms in total. The minimum Gasteiger partial charge on any atom is -0.495 e. The molecule has 3 aromatic carbocycles. The number of amides is 2. The highest BCUT2D eigenvalue weighted by molar-refractivity contribution is 6.46. The lowest BCUT2D eigenvalue weighted by molar-refractivity contribution is -0.120. The van der Waals surface area contributed by atoms with Crippen LogP contribution in [0.25, 0.3) is 5.57 Å². The fraction of sp³-hybridized carbons (Fsp3) is 0.154. The number of nitrogens with zero attached hydrogens (tertiary/aromatic N) is 1. The Balaban J connectivity index is 1.86. The van der Waals surface area contributed by atoms with Gasteiger partial charge in [-0.05, 0) is 67.3 Å². The Morgan fingerprint density at radius 2 is 1.45 bits per heavy atom. The maximum Gasteiger partial charge on any atom is 0.282 e. The first-order valence-electron chi connectivity index (χ1n) is 10.1. The summed E-state index contributed by atoms with van der Waals surface area (Å²) in [6, 6.07) is 20.7. The van der Waals surface area contributed by atoms with Gasteiger partial charge in [-0.25, -0.2) is 4.90 Å². The van der Waals surface area contributed by atoms with Crippen molar-refractivity contribution >= 4 is 28.8 Å². The molecule has 0 fully saturated rings. The van der Waals surface area contributed by atoms with E-state index in [1.54, 1.807) is 12.1 Å². The summed E-state index contributed by atoms with van der Waals surface area (Å²) in [6.07, 6.45) is 0. The maximum absolute atomic E-state index is 13.6. The third-order valence-electron chi connectivity index (χ3n) is 5.21. The molecule has 1 aliphatic rings. The molecular formula is C26H24N2O3. The van der Waals surface area contributed by atoms with Crippen molar-refractivity contribution < 1.29 is 14.3 Å². The zero-order valence-electron chi connectivity index (χ0n) is 18.0.